The average molecular weight is 382 g/mol. The van der Waals surface area contributed by atoms with E-state index in [0.717, 1.165) is 0 Å². The zero-order chi connectivity index (χ0) is 18.9. The number of ether oxygens (including phenoxy) is 2. The fraction of sp³-hybridized carbons (Fsp3) is 0.150. The standard InChI is InChI=1S/C20H18N2O4S/c23-19(7-3-13-22-20(24)17-5-4-14-27-17)26-16-10-8-15(9-11-16)25-18-6-1-2-12-21-18/h1-2,4-6,8-12,14H,3,7,13H2,(H,22,24). The van der Waals surface area contributed by atoms with Crippen LogP contribution in [0.3, 0.4) is 0 Å². The first-order valence-corrected chi connectivity index (χ1v) is 9.30. The van der Waals surface area contributed by atoms with Crippen molar-refractivity contribution in [1.29, 1.82) is 0 Å². The molecular formula is C20H18N2O4S. The van der Waals surface area contributed by atoms with Crippen molar-refractivity contribution in [3.63, 3.8) is 0 Å². The van der Waals surface area contributed by atoms with Crippen molar-refractivity contribution in [2.24, 2.45) is 0 Å². The van der Waals surface area contributed by atoms with Gasteiger partial charge in [0, 0.05) is 25.2 Å². The van der Waals surface area contributed by atoms with E-state index in [4.69, 9.17) is 9.47 Å². The van der Waals surface area contributed by atoms with Gasteiger partial charge >= 0.3 is 5.97 Å². The molecule has 3 rings (SSSR count). The Balaban J connectivity index is 1.38. The molecule has 1 amide bonds. The normalized spacial score (nSPS) is 10.2. The molecule has 1 aromatic carbocycles. The van der Waals surface area contributed by atoms with Crippen LogP contribution in [0.25, 0.3) is 0 Å². The Morgan fingerprint density at radius 3 is 2.52 bits per heavy atom. The summed E-state index contributed by atoms with van der Waals surface area (Å²) >= 11 is 1.38. The van der Waals surface area contributed by atoms with Crippen molar-refractivity contribution in [3.05, 3.63) is 71.1 Å². The van der Waals surface area contributed by atoms with Crippen LogP contribution in [-0.4, -0.2) is 23.4 Å². The third-order valence-corrected chi connectivity index (χ3v) is 4.37. The molecule has 3 aromatic rings. The van der Waals surface area contributed by atoms with Gasteiger partial charge in [0.25, 0.3) is 5.91 Å². The molecule has 1 N–H and O–H groups in total. The Bertz CT molecular complexity index is 865. The van der Waals surface area contributed by atoms with Crippen molar-refractivity contribution in [2.45, 2.75) is 12.8 Å². The lowest BCUT2D eigenvalue weighted by Gasteiger charge is -2.07. The summed E-state index contributed by atoms with van der Waals surface area (Å²) in [5.41, 5.74) is 0. The fourth-order valence-corrected chi connectivity index (χ4v) is 2.86. The van der Waals surface area contributed by atoms with E-state index < -0.39 is 0 Å². The summed E-state index contributed by atoms with van der Waals surface area (Å²) in [6, 6.07) is 15.7. The van der Waals surface area contributed by atoms with Gasteiger partial charge in [-0.2, -0.15) is 0 Å². The van der Waals surface area contributed by atoms with Crippen LogP contribution in [0.2, 0.25) is 0 Å². The molecule has 0 aliphatic heterocycles. The maximum atomic E-state index is 11.9. The quantitative estimate of drug-likeness (QED) is 0.361. The van der Waals surface area contributed by atoms with E-state index in [1.807, 2.05) is 23.6 Å². The van der Waals surface area contributed by atoms with E-state index in [-0.39, 0.29) is 18.3 Å². The van der Waals surface area contributed by atoms with Gasteiger partial charge in [-0.3, -0.25) is 9.59 Å². The molecule has 6 nitrogen and oxygen atoms in total. The number of hydrogen-bond acceptors (Lipinski definition) is 6. The van der Waals surface area contributed by atoms with Crippen LogP contribution in [0.4, 0.5) is 0 Å². The smallest absolute Gasteiger partial charge is 0.311 e. The summed E-state index contributed by atoms with van der Waals surface area (Å²) in [5, 5.41) is 4.62. The molecule has 2 aromatic heterocycles. The molecule has 0 aliphatic rings. The average Bonchev–Trinajstić information content (AvgIpc) is 3.22. The van der Waals surface area contributed by atoms with Crippen LogP contribution in [0.5, 0.6) is 17.4 Å². The van der Waals surface area contributed by atoms with E-state index in [9.17, 15) is 9.59 Å². The first-order chi connectivity index (χ1) is 13.2. The van der Waals surface area contributed by atoms with Gasteiger partial charge in [0.2, 0.25) is 5.88 Å². The van der Waals surface area contributed by atoms with Crippen LogP contribution in [0.1, 0.15) is 22.5 Å². The number of amides is 1. The zero-order valence-electron chi connectivity index (χ0n) is 14.5. The van der Waals surface area contributed by atoms with E-state index in [1.54, 1.807) is 42.6 Å². The molecule has 0 aliphatic carbocycles. The third kappa shape index (κ3) is 5.93. The molecule has 0 saturated carbocycles. The summed E-state index contributed by atoms with van der Waals surface area (Å²) in [6.45, 7) is 0.419. The van der Waals surface area contributed by atoms with E-state index >= 15 is 0 Å². The van der Waals surface area contributed by atoms with Crippen LogP contribution in [0, 0.1) is 0 Å². The van der Waals surface area contributed by atoms with Crippen molar-refractivity contribution in [3.8, 4) is 17.4 Å². The largest absolute Gasteiger partial charge is 0.439 e. The summed E-state index contributed by atoms with van der Waals surface area (Å²) in [6.07, 6.45) is 2.38. The van der Waals surface area contributed by atoms with Gasteiger partial charge in [-0.15, -0.1) is 11.3 Å². The van der Waals surface area contributed by atoms with E-state index in [2.05, 4.69) is 10.3 Å². The molecule has 0 radical (unpaired) electrons. The summed E-state index contributed by atoms with van der Waals surface area (Å²) in [7, 11) is 0. The van der Waals surface area contributed by atoms with Gasteiger partial charge in [-0.1, -0.05) is 12.1 Å². The Morgan fingerprint density at radius 2 is 1.81 bits per heavy atom. The van der Waals surface area contributed by atoms with Crippen LogP contribution < -0.4 is 14.8 Å². The molecular weight excluding hydrogens is 364 g/mol. The maximum Gasteiger partial charge on any atom is 0.311 e. The van der Waals surface area contributed by atoms with Gasteiger partial charge in [0.05, 0.1) is 4.88 Å². The van der Waals surface area contributed by atoms with Crippen LogP contribution in [0.15, 0.2) is 66.2 Å². The lowest BCUT2D eigenvalue weighted by Crippen LogP contribution is -2.24. The lowest BCUT2D eigenvalue weighted by atomic mass is 10.3. The van der Waals surface area contributed by atoms with Crippen molar-refractivity contribution >= 4 is 23.2 Å². The fourth-order valence-electron chi connectivity index (χ4n) is 2.22. The molecule has 0 spiro atoms. The van der Waals surface area contributed by atoms with Crippen LogP contribution in [-0.2, 0) is 4.79 Å². The molecule has 7 heteroatoms. The van der Waals surface area contributed by atoms with Crippen LogP contribution >= 0.6 is 11.3 Å². The molecule has 27 heavy (non-hydrogen) atoms. The van der Waals surface area contributed by atoms with E-state index in [1.165, 1.54) is 11.3 Å². The number of esters is 1. The first kappa shape index (κ1) is 18.6. The highest BCUT2D eigenvalue weighted by Crippen LogP contribution is 2.22. The Hall–Kier alpha value is -3.19. The number of rotatable bonds is 8. The highest BCUT2D eigenvalue weighted by Gasteiger charge is 2.08. The van der Waals surface area contributed by atoms with Gasteiger partial charge in [0.15, 0.2) is 0 Å². The summed E-state index contributed by atoms with van der Waals surface area (Å²) in [5.74, 6) is 1.06. The molecule has 0 bridgehead atoms. The Kier molecular flexibility index (Phi) is 6.54. The highest BCUT2D eigenvalue weighted by molar-refractivity contribution is 7.12. The molecule has 2 heterocycles. The number of nitrogens with one attached hydrogen (secondary N) is 1. The topological polar surface area (TPSA) is 77.5 Å². The van der Waals surface area contributed by atoms with Crippen molar-refractivity contribution in [2.75, 3.05) is 6.54 Å². The molecule has 0 atom stereocenters. The maximum absolute atomic E-state index is 11.9. The highest BCUT2D eigenvalue weighted by atomic mass is 32.1. The number of thiophene rings is 1. The third-order valence-electron chi connectivity index (χ3n) is 3.50. The second kappa shape index (κ2) is 9.49. The molecule has 0 fully saturated rings. The minimum Gasteiger partial charge on any atom is -0.439 e. The monoisotopic (exact) mass is 382 g/mol. The SMILES string of the molecule is O=C(CCCNC(=O)c1cccs1)Oc1ccc(Oc2ccccn2)cc1. The predicted molar refractivity (Wildman–Crippen MR) is 102 cm³/mol. The van der Waals surface area contributed by atoms with Gasteiger partial charge in [-0.05, 0) is 48.2 Å². The minimum atomic E-state index is -0.348. The number of pyridine rings is 1. The number of hydrogen-bond donors (Lipinski definition) is 1. The second-order valence-electron chi connectivity index (χ2n) is 5.55. The number of benzene rings is 1. The van der Waals surface area contributed by atoms with Gasteiger partial charge in [0.1, 0.15) is 11.5 Å². The predicted octanol–water partition coefficient (Wildman–Crippen LogP) is 4.05. The summed E-state index contributed by atoms with van der Waals surface area (Å²) in [4.78, 5) is 28.4. The lowest BCUT2D eigenvalue weighted by molar-refractivity contribution is -0.134. The molecule has 0 unspecified atom stereocenters. The van der Waals surface area contributed by atoms with E-state index in [0.29, 0.717) is 35.2 Å². The second-order valence-corrected chi connectivity index (χ2v) is 6.50. The Labute approximate surface area is 160 Å². The number of aromatic nitrogens is 1. The first-order valence-electron chi connectivity index (χ1n) is 8.42. The Morgan fingerprint density at radius 1 is 1.00 bits per heavy atom. The summed E-state index contributed by atoms with van der Waals surface area (Å²) < 4.78 is 10.9. The number of carbonyl (C=O) groups excluding carboxylic acids is 2. The zero-order valence-corrected chi connectivity index (χ0v) is 15.3. The van der Waals surface area contributed by atoms with Crippen molar-refractivity contribution < 1.29 is 19.1 Å². The van der Waals surface area contributed by atoms with Gasteiger partial charge < -0.3 is 14.8 Å². The molecule has 138 valence electrons. The number of carbonyl (C=O) groups is 2. The number of nitrogens with zero attached hydrogens (tertiary/aromatic N) is 1. The minimum absolute atomic E-state index is 0.123. The molecule has 0 saturated heterocycles. The van der Waals surface area contributed by atoms with Crippen molar-refractivity contribution in [1.82, 2.24) is 10.3 Å². The van der Waals surface area contributed by atoms with Gasteiger partial charge in [-0.25, -0.2) is 4.98 Å².